The Morgan fingerprint density at radius 3 is 2.75 bits per heavy atom. The molecular weight excluding hydrogens is 202 g/mol. The quantitative estimate of drug-likeness (QED) is 0.835. The highest BCUT2D eigenvalue weighted by Gasteiger charge is 2.10. The third-order valence-corrected chi connectivity index (χ3v) is 2.38. The smallest absolute Gasteiger partial charge is 0.0669 e. The Hall–Kier alpha value is -0.870. The molecular formula is C12H23N3O. The normalized spacial score (nSPS) is 14.1. The SMILES string of the molecule is CCC(N)c1cnn(CCOC(C)(C)C)c1. The number of nitrogens with zero attached hydrogens (tertiary/aromatic N) is 2. The van der Waals surface area contributed by atoms with E-state index in [1.807, 2.05) is 17.1 Å². The highest BCUT2D eigenvalue weighted by atomic mass is 16.5. The average Bonchev–Trinajstić information content (AvgIpc) is 2.63. The lowest BCUT2D eigenvalue weighted by atomic mass is 10.1. The van der Waals surface area contributed by atoms with Gasteiger partial charge in [-0.3, -0.25) is 4.68 Å². The molecule has 1 atom stereocenters. The van der Waals surface area contributed by atoms with E-state index in [1.54, 1.807) is 0 Å². The van der Waals surface area contributed by atoms with Crippen LogP contribution in [0.2, 0.25) is 0 Å². The molecule has 92 valence electrons. The van der Waals surface area contributed by atoms with Crippen molar-refractivity contribution in [2.75, 3.05) is 6.61 Å². The van der Waals surface area contributed by atoms with E-state index >= 15 is 0 Å². The fourth-order valence-electron chi connectivity index (χ4n) is 1.37. The van der Waals surface area contributed by atoms with Crippen molar-refractivity contribution in [1.82, 2.24) is 9.78 Å². The van der Waals surface area contributed by atoms with Crippen molar-refractivity contribution in [2.24, 2.45) is 5.73 Å². The third kappa shape index (κ3) is 4.33. The van der Waals surface area contributed by atoms with Crippen LogP contribution in [0.3, 0.4) is 0 Å². The highest BCUT2D eigenvalue weighted by molar-refractivity contribution is 5.09. The molecule has 1 rings (SSSR count). The van der Waals surface area contributed by atoms with Crippen LogP contribution in [0, 0.1) is 0 Å². The van der Waals surface area contributed by atoms with Crippen LogP contribution < -0.4 is 5.73 Å². The van der Waals surface area contributed by atoms with Gasteiger partial charge in [-0.1, -0.05) is 6.92 Å². The maximum absolute atomic E-state index is 5.92. The predicted octanol–water partition coefficient (Wildman–Crippen LogP) is 2.11. The van der Waals surface area contributed by atoms with Gasteiger partial charge in [0.25, 0.3) is 0 Å². The summed E-state index contributed by atoms with van der Waals surface area (Å²) in [7, 11) is 0. The van der Waals surface area contributed by atoms with Crippen molar-refractivity contribution < 1.29 is 4.74 Å². The summed E-state index contributed by atoms with van der Waals surface area (Å²) in [6, 6.07) is 0.0947. The minimum Gasteiger partial charge on any atom is -0.374 e. The summed E-state index contributed by atoms with van der Waals surface area (Å²) in [5.41, 5.74) is 6.93. The van der Waals surface area contributed by atoms with Crippen LogP contribution in [0.5, 0.6) is 0 Å². The van der Waals surface area contributed by atoms with Gasteiger partial charge in [0, 0.05) is 17.8 Å². The average molecular weight is 225 g/mol. The first-order chi connectivity index (χ1) is 7.42. The lowest BCUT2D eigenvalue weighted by molar-refractivity contribution is -0.00790. The van der Waals surface area contributed by atoms with E-state index in [4.69, 9.17) is 10.5 Å². The number of nitrogens with two attached hydrogens (primary N) is 1. The zero-order valence-electron chi connectivity index (χ0n) is 10.7. The molecule has 0 saturated heterocycles. The van der Waals surface area contributed by atoms with Gasteiger partial charge < -0.3 is 10.5 Å². The molecule has 1 aromatic rings. The minimum absolute atomic E-state index is 0.0875. The summed E-state index contributed by atoms with van der Waals surface area (Å²) in [6.07, 6.45) is 4.77. The van der Waals surface area contributed by atoms with Crippen LogP contribution in [-0.4, -0.2) is 22.0 Å². The Kier molecular flexibility index (Phi) is 4.50. The van der Waals surface area contributed by atoms with Gasteiger partial charge in [-0.2, -0.15) is 5.10 Å². The maximum Gasteiger partial charge on any atom is 0.0669 e. The number of hydrogen-bond acceptors (Lipinski definition) is 3. The van der Waals surface area contributed by atoms with E-state index in [1.165, 1.54) is 0 Å². The number of ether oxygens (including phenoxy) is 1. The summed E-state index contributed by atoms with van der Waals surface area (Å²) >= 11 is 0. The van der Waals surface area contributed by atoms with Crippen molar-refractivity contribution in [3.8, 4) is 0 Å². The standard InChI is InChI=1S/C12H23N3O/c1-5-11(13)10-8-14-15(9-10)6-7-16-12(2,3)4/h8-9,11H,5-7,13H2,1-4H3. The zero-order chi connectivity index (χ0) is 12.2. The minimum atomic E-state index is -0.0875. The van der Waals surface area contributed by atoms with Crippen LogP contribution >= 0.6 is 0 Å². The molecule has 16 heavy (non-hydrogen) atoms. The Balaban J connectivity index is 2.41. The third-order valence-electron chi connectivity index (χ3n) is 2.38. The number of aromatic nitrogens is 2. The fourth-order valence-corrected chi connectivity index (χ4v) is 1.37. The van der Waals surface area contributed by atoms with E-state index in [9.17, 15) is 0 Å². The number of hydrogen-bond donors (Lipinski definition) is 1. The van der Waals surface area contributed by atoms with Gasteiger partial charge in [-0.25, -0.2) is 0 Å². The van der Waals surface area contributed by atoms with Crippen molar-refractivity contribution in [1.29, 1.82) is 0 Å². The molecule has 0 aromatic carbocycles. The molecule has 1 aromatic heterocycles. The number of rotatable bonds is 5. The van der Waals surface area contributed by atoms with Crippen LogP contribution in [-0.2, 0) is 11.3 Å². The molecule has 2 N–H and O–H groups in total. The van der Waals surface area contributed by atoms with Crippen molar-refractivity contribution in [3.63, 3.8) is 0 Å². The topological polar surface area (TPSA) is 53.1 Å². The van der Waals surface area contributed by atoms with E-state index in [0.717, 1.165) is 18.5 Å². The van der Waals surface area contributed by atoms with Crippen molar-refractivity contribution in [3.05, 3.63) is 18.0 Å². The molecule has 0 aliphatic carbocycles. The molecule has 4 heteroatoms. The van der Waals surface area contributed by atoms with Crippen molar-refractivity contribution >= 4 is 0 Å². The maximum atomic E-state index is 5.92. The predicted molar refractivity (Wildman–Crippen MR) is 65.2 cm³/mol. The monoisotopic (exact) mass is 225 g/mol. The van der Waals surface area contributed by atoms with Gasteiger partial charge in [0.15, 0.2) is 0 Å². The molecule has 0 spiro atoms. The Bertz CT molecular complexity index is 314. The summed E-state index contributed by atoms with van der Waals surface area (Å²) in [5.74, 6) is 0. The Labute approximate surface area is 97.8 Å². The molecule has 0 radical (unpaired) electrons. The van der Waals surface area contributed by atoms with Crippen LogP contribution in [0.4, 0.5) is 0 Å². The van der Waals surface area contributed by atoms with Gasteiger partial charge in [0.1, 0.15) is 0 Å². The van der Waals surface area contributed by atoms with E-state index < -0.39 is 0 Å². The lowest BCUT2D eigenvalue weighted by Gasteiger charge is -2.19. The first-order valence-electron chi connectivity index (χ1n) is 5.84. The molecule has 0 aliphatic rings. The summed E-state index contributed by atoms with van der Waals surface area (Å²) in [4.78, 5) is 0. The van der Waals surface area contributed by atoms with Gasteiger partial charge in [0.05, 0.1) is 24.9 Å². The second-order valence-electron chi connectivity index (χ2n) is 5.01. The summed E-state index contributed by atoms with van der Waals surface area (Å²) in [6.45, 7) is 9.67. The molecule has 0 amide bonds. The van der Waals surface area contributed by atoms with Gasteiger partial charge in [0.2, 0.25) is 0 Å². The largest absolute Gasteiger partial charge is 0.374 e. The van der Waals surface area contributed by atoms with Gasteiger partial charge in [-0.05, 0) is 27.2 Å². The van der Waals surface area contributed by atoms with Crippen LogP contribution in [0.15, 0.2) is 12.4 Å². The van der Waals surface area contributed by atoms with Gasteiger partial charge >= 0.3 is 0 Å². The Morgan fingerprint density at radius 1 is 1.50 bits per heavy atom. The first-order valence-corrected chi connectivity index (χ1v) is 5.84. The van der Waals surface area contributed by atoms with Crippen LogP contribution in [0.1, 0.15) is 45.7 Å². The Morgan fingerprint density at radius 2 is 2.19 bits per heavy atom. The van der Waals surface area contributed by atoms with Crippen molar-refractivity contribution in [2.45, 2.75) is 52.3 Å². The summed E-state index contributed by atoms with van der Waals surface area (Å²) < 4.78 is 7.52. The molecule has 4 nitrogen and oxygen atoms in total. The van der Waals surface area contributed by atoms with E-state index in [-0.39, 0.29) is 11.6 Å². The molecule has 0 fully saturated rings. The summed E-state index contributed by atoms with van der Waals surface area (Å²) in [5, 5.41) is 4.26. The lowest BCUT2D eigenvalue weighted by Crippen LogP contribution is -2.22. The second-order valence-corrected chi connectivity index (χ2v) is 5.01. The molecule has 0 bridgehead atoms. The molecule has 1 heterocycles. The van der Waals surface area contributed by atoms with E-state index in [0.29, 0.717) is 6.61 Å². The van der Waals surface area contributed by atoms with E-state index in [2.05, 4.69) is 32.8 Å². The molecule has 1 unspecified atom stereocenters. The molecule has 0 aliphatic heterocycles. The zero-order valence-corrected chi connectivity index (χ0v) is 10.7. The molecule has 0 saturated carbocycles. The second kappa shape index (κ2) is 5.46. The van der Waals surface area contributed by atoms with Gasteiger partial charge in [-0.15, -0.1) is 0 Å². The highest BCUT2D eigenvalue weighted by Crippen LogP contribution is 2.12. The first kappa shape index (κ1) is 13.2. The van der Waals surface area contributed by atoms with Crippen LogP contribution in [0.25, 0.3) is 0 Å². The fraction of sp³-hybridized carbons (Fsp3) is 0.750.